The first-order valence-corrected chi connectivity index (χ1v) is 11.7. The molecule has 1 aliphatic rings. The van der Waals surface area contributed by atoms with Crippen molar-refractivity contribution in [1.82, 2.24) is 5.32 Å². The molecule has 0 fully saturated rings. The number of benzene rings is 1. The highest BCUT2D eigenvalue weighted by Gasteiger charge is 2.29. The van der Waals surface area contributed by atoms with Crippen LogP contribution in [-0.2, 0) is 16.0 Å². The number of hydrogen-bond donors (Lipinski definition) is 1. The van der Waals surface area contributed by atoms with Gasteiger partial charge in [-0.15, -0.1) is 11.8 Å². The Labute approximate surface area is 198 Å². The molecular formula is C25H29NO6S. The molecule has 1 aliphatic carbocycles. The zero-order valence-electron chi connectivity index (χ0n) is 19.5. The minimum atomic E-state index is -0.372. The Morgan fingerprint density at radius 3 is 2.52 bits per heavy atom. The summed E-state index contributed by atoms with van der Waals surface area (Å²) < 4.78 is 21.9. The van der Waals surface area contributed by atoms with E-state index >= 15 is 0 Å². The number of methoxy groups -OCH3 is 4. The van der Waals surface area contributed by atoms with Gasteiger partial charge in [0.1, 0.15) is 0 Å². The van der Waals surface area contributed by atoms with Crippen molar-refractivity contribution < 1.29 is 23.7 Å². The van der Waals surface area contributed by atoms with Gasteiger partial charge < -0.3 is 24.3 Å². The molecule has 1 N–H and O–H groups in total. The van der Waals surface area contributed by atoms with Gasteiger partial charge in [0, 0.05) is 18.7 Å². The van der Waals surface area contributed by atoms with Crippen LogP contribution in [0.1, 0.15) is 23.6 Å². The van der Waals surface area contributed by atoms with Gasteiger partial charge in [-0.1, -0.05) is 12.1 Å². The predicted molar refractivity (Wildman–Crippen MR) is 130 cm³/mol. The lowest BCUT2D eigenvalue weighted by atomic mass is 9.95. The van der Waals surface area contributed by atoms with Crippen LogP contribution in [0.25, 0.3) is 11.1 Å². The Kier molecular flexibility index (Phi) is 8.41. The number of ether oxygens (including phenoxy) is 4. The molecule has 0 aromatic heterocycles. The second kappa shape index (κ2) is 11.2. The molecule has 0 radical (unpaired) electrons. The van der Waals surface area contributed by atoms with E-state index in [-0.39, 0.29) is 17.4 Å². The number of hydrogen-bond acceptors (Lipinski definition) is 7. The maximum absolute atomic E-state index is 12.9. The number of fused-ring (bicyclic) bond motifs is 3. The minimum absolute atomic E-state index is 0.0965. The second-order valence-corrected chi connectivity index (χ2v) is 8.26. The third-order valence-electron chi connectivity index (χ3n) is 5.57. The van der Waals surface area contributed by atoms with Gasteiger partial charge in [0.25, 0.3) is 0 Å². The maximum atomic E-state index is 12.9. The molecule has 33 heavy (non-hydrogen) atoms. The first kappa shape index (κ1) is 24.7. The Hall–Kier alpha value is -2.97. The summed E-state index contributed by atoms with van der Waals surface area (Å²) in [5.74, 6) is 1.33. The van der Waals surface area contributed by atoms with E-state index in [1.165, 1.54) is 17.8 Å². The van der Waals surface area contributed by atoms with E-state index in [1.807, 2.05) is 24.5 Å². The molecule has 2 aromatic rings. The van der Waals surface area contributed by atoms with Gasteiger partial charge in [-0.05, 0) is 54.0 Å². The topological polar surface area (TPSA) is 83.1 Å². The van der Waals surface area contributed by atoms with Crippen molar-refractivity contribution >= 4 is 17.7 Å². The quantitative estimate of drug-likeness (QED) is 0.464. The van der Waals surface area contributed by atoms with Gasteiger partial charge in [0.15, 0.2) is 16.9 Å². The van der Waals surface area contributed by atoms with Crippen molar-refractivity contribution in [3.05, 3.63) is 57.8 Å². The van der Waals surface area contributed by atoms with E-state index in [0.717, 1.165) is 22.3 Å². The fourth-order valence-corrected chi connectivity index (χ4v) is 4.55. The summed E-state index contributed by atoms with van der Waals surface area (Å²) in [5.41, 5.74) is 3.27. The van der Waals surface area contributed by atoms with E-state index in [9.17, 15) is 9.59 Å². The largest absolute Gasteiger partial charge is 0.493 e. The molecule has 0 saturated carbocycles. The summed E-state index contributed by atoms with van der Waals surface area (Å²) in [6.07, 6.45) is 6.20. The van der Waals surface area contributed by atoms with Gasteiger partial charge in [0.2, 0.25) is 11.7 Å². The molecule has 0 heterocycles. The molecule has 0 saturated heterocycles. The van der Waals surface area contributed by atoms with Crippen LogP contribution in [0.3, 0.4) is 0 Å². The molecule has 1 amide bonds. The fourth-order valence-electron chi connectivity index (χ4n) is 4.09. The van der Waals surface area contributed by atoms with Gasteiger partial charge in [-0.3, -0.25) is 9.59 Å². The molecule has 0 bridgehead atoms. The van der Waals surface area contributed by atoms with Crippen LogP contribution < -0.4 is 25.0 Å². The number of rotatable bonds is 8. The molecule has 2 aromatic carbocycles. The van der Waals surface area contributed by atoms with E-state index in [4.69, 9.17) is 18.9 Å². The average molecular weight is 472 g/mol. The molecule has 0 spiro atoms. The standard InChI is InChI=1S/C25H29NO6S/c1-29-12-6-7-22(28)26-18-10-8-15-13-20(30-2)24(31-3)25(32-4)23(15)16-9-11-21(33-5)19(27)14-17(16)18/h6-7,9,11,13-14,18H,8,10,12H2,1-5H3,(H,26,28)/t18-/m0/s1. The SMILES string of the molecule is COCC=CC(=O)N[C@H]1CCc2cc(OC)c(OC)c(OC)c2-c2ccc(SC)c(=O)cc21. The number of thioether (sulfide) groups is 1. The molecule has 8 heteroatoms. The van der Waals surface area contributed by atoms with Crippen LogP contribution in [0.5, 0.6) is 17.2 Å². The summed E-state index contributed by atoms with van der Waals surface area (Å²) >= 11 is 1.39. The predicted octanol–water partition coefficient (Wildman–Crippen LogP) is 3.77. The fraction of sp³-hybridized carbons (Fsp3) is 0.360. The van der Waals surface area contributed by atoms with Crippen LogP contribution in [0.2, 0.25) is 0 Å². The second-order valence-electron chi connectivity index (χ2n) is 7.42. The van der Waals surface area contributed by atoms with Crippen molar-refractivity contribution in [2.75, 3.05) is 41.3 Å². The highest BCUT2D eigenvalue weighted by atomic mass is 32.2. The number of aryl methyl sites for hydroxylation is 1. The van der Waals surface area contributed by atoms with Crippen LogP contribution in [0.4, 0.5) is 0 Å². The van der Waals surface area contributed by atoms with Crippen molar-refractivity contribution in [3.63, 3.8) is 0 Å². The van der Waals surface area contributed by atoms with Gasteiger partial charge in [-0.2, -0.15) is 0 Å². The van der Waals surface area contributed by atoms with Crippen molar-refractivity contribution in [2.24, 2.45) is 0 Å². The minimum Gasteiger partial charge on any atom is -0.493 e. The van der Waals surface area contributed by atoms with E-state index in [0.29, 0.717) is 41.6 Å². The first-order valence-electron chi connectivity index (χ1n) is 10.5. The van der Waals surface area contributed by atoms with Crippen LogP contribution >= 0.6 is 11.8 Å². The molecule has 176 valence electrons. The first-order chi connectivity index (χ1) is 16.0. The maximum Gasteiger partial charge on any atom is 0.244 e. The summed E-state index contributed by atoms with van der Waals surface area (Å²) in [4.78, 5) is 26.1. The summed E-state index contributed by atoms with van der Waals surface area (Å²) in [5, 5.41) is 3.05. The Balaban J connectivity index is 2.26. The van der Waals surface area contributed by atoms with Gasteiger partial charge in [-0.25, -0.2) is 0 Å². The summed E-state index contributed by atoms with van der Waals surface area (Å²) in [6.45, 7) is 0.341. The number of carbonyl (C=O) groups is 1. The van der Waals surface area contributed by atoms with Gasteiger partial charge >= 0.3 is 0 Å². The molecule has 3 rings (SSSR count). The number of carbonyl (C=O) groups excluding carboxylic acids is 1. The normalized spacial score (nSPS) is 14.8. The number of amides is 1. The molecule has 1 atom stereocenters. The lowest BCUT2D eigenvalue weighted by molar-refractivity contribution is -0.117. The third kappa shape index (κ3) is 5.17. The highest BCUT2D eigenvalue weighted by Crippen LogP contribution is 2.50. The van der Waals surface area contributed by atoms with E-state index in [1.54, 1.807) is 40.6 Å². The Morgan fingerprint density at radius 1 is 1.12 bits per heavy atom. The average Bonchev–Trinajstić information content (AvgIpc) is 3.06. The van der Waals surface area contributed by atoms with Crippen molar-refractivity contribution in [3.8, 4) is 28.4 Å². The summed E-state index contributed by atoms with van der Waals surface area (Å²) in [7, 11) is 6.29. The third-order valence-corrected chi connectivity index (χ3v) is 6.35. The Bertz CT molecular complexity index is 1110. The molecule has 0 aliphatic heterocycles. The van der Waals surface area contributed by atoms with E-state index in [2.05, 4.69) is 5.32 Å². The smallest absolute Gasteiger partial charge is 0.244 e. The number of nitrogens with one attached hydrogen (secondary N) is 1. The summed E-state index contributed by atoms with van der Waals surface area (Å²) in [6, 6.07) is 6.92. The van der Waals surface area contributed by atoms with Crippen LogP contribution in [-0.4, -0.2) is 47.2 Å². The van der Waals surface area contributed by atoms with Crippen molar-refractivity contribution in [2.45, 2.75) is 23.8 Å². The van der Waals surface area contributed by atoms with Crippen LogP contribution in [0.15, 0.2) is 46.1 Å². The highest BCUT2D eigenvalue weighted by molar-refractivity contribution is 7.98. The zero-order chi connectivity index (χ0) is 24.0. The van der Waals surface area contributed by atoms with Crippen LogP contribution in [0, 0.1) is 0 Å². The monoisotopic (exact) mass is 471 g/mol. The Morgan fingerprint density at radius 2 is 1.88 bits per heavy atom. The molecule has 0 unspecified atom stereocenters. The molecular weight excluding hydrogens is 442 g/mol. The zero-order valence-corrected chi connectivity index (χ0v) is 20.3. The van der Waals surface area contributed by atoms with Crippen molar-refractivity contribution in [1.29, 1.82) is 0 Å². The van der Waals surface area contributed by atoms with E-state index < -0.39 is 0 Å². The lowest BCUT2D eigenvalue weighted by Crippen LogP contribution is -2.27. The van der Waals surface area contributed by atoms with Gasteiger partial charge in [0.05, 0.1) is 38.9 Å². The lowest BCUT2D eigenvalue weighted by Gasteiger charge is -2.19. The molecule has 7 nitrogen and oxygen atoms in total.